The number of carbonyl (C=O) groups excluding carboxylic acids is 2. The lowest BCUT2D eigenvalue weighted by atomic mass is 9.97. The first-order valence-corrected chi connectivity index (χ1v) is 12.9. The third kappa shape index (κ3) is 5.77. The Hall–Kier alpha value is -2.12. The van der Waals surface area contributed by atoms with Gasteiger partial charge in [-0.25, -0.2) is 0 Å². The minimum atomic E-state index is -0.215. The zero-order chi connectivity index (χ0) is 21.6. The molecule has 0 aromatic heterocycles. The van der Waals surface area contributed by atoms with Crippen molar-refractivity contribution >= 4 is 41.0 Å². The molecule has 164 valence electrons. The molecular formula is C24H29N3O2S2. The van der Waals surface area contributed by atoms with Gasteiger partial charge < -0.3 is 16.0 Å². The minimum Gasteiger partial charge on any atom is -0.371 e. The Balaban J connectivity index is 1.29. The number of rotatable bonds is 6. The van der Waals surface area contributed by atoms with Gasteiger partial charge in [-0.3, -0.25) is 9.59 Å². The first kappa shape index (κ1) is 22.1. The maximum Gasteiger partial charge on any atom is 0.251 e. The standard InChI is InChI=1S/C24H29N3O2S2/c25-22(28)20-3-1-12-27(16-20)21-10-4-17(5-11-21)15-26-23(29)18-6-8-19(9-7-18)24-30-13-2-14-31-24/h4-11,20,24H,1-3,12-16H2,(H2,25,28)(H,26,29)/t20-/m0/s1. The monoisotopic (exact) mass is 455 g/mol. The average molecular weight is 456 g/mol. The van der Waals surface area contributed by atoms with Gasteiger partial charge in [0.2, 0.25) is 5.91 Å². The molecule has 0 aliphatic carbocycles. The first-order valence-electron chi connectivity index (χ1n) is 10.8. The highest BCUT2D eigenvalue weighted by atomic mass is 32.2. The zero-order valence-corrected chi connectivity index (χ0v) is 19.2. The number of benzene rings is 2. The van der Waals surface area contributed by atoms with Gasteiger partial charge in [0, 0.05) is 30.9 Å². The topological polar surface area (TPSA) is 75.4 Å². The predicted octanol–water partition coefficient (Wildman–Crippen LogP) is 4.19. The maximum absolute atomic E-state index is 12.5. The summed E-state index contributed by atoms with van der Waals surface area (Å²) in [5.41, 5.74) is 9.61. The maximum atomic E-state index is 12.5. The van der Waals surface area contributed by atoms with Gasteiger partial charge in [-0.05, 0) is 66.2 Å². The van der Waals surface area contributed by atoms with Crippen LogP contribution < -0.4 is 16.0 Å². The Kier molecular flexibility index (Phi) is 7.45. The van der Waals surface area contributed by atoms with E-state index < -0.39 is 0 Å². The van der Waals surface area contributed by atoms with E-state index >= 15 is 0 Å². The summed E-state index contributed by atoms with van der Waals surface area (Å²) in [5.74, 6) is 2.08. The molecule has 31 heavy (non-hydrogen) atoms. The van der Waals surface area contributed by atoms with Crippen molar-refractivity contribution in [2.75, 3.05) is 29.5 Å². The van der Waals surface area contributed by atoms with Crippen LogP contribution in [0.15, 0.2) is 48.5 Å². The van der Waals surface area contributed by atoms with E-state index in [1.807, 2.05) is 47.8 Å². The quantitative estimate of drug-likeness (QED) is 0.683. The molecule has 5 nitrogen and oxygen atoms in total. The van der Waals surface area contributed by atoms with Crippen LogP contribution in [0.2, 0.25) is 0 Å². The molecule has 2 aromatic carbocycles. The number of thioether (sulfide) groups is 2. The van der Waals surface area contributed by atoms with E-state index in [0.717, 1.165) is 30.6 Å². The van der Waals surface area contributed by atoms with E-state index in [1.54, 1.807) is 0 Å². The van der Waals surface area contributed by atoms with E-state index in [2.05, 4.69) is 34.5 Å². The molecule has 0 bridgehead atoms. The Morgan fingerprint density at radius 1 is 1.00 bits per heavy atom. The van der Waals surface area contributed by atoms with Crippen molar-refractivity contribution in [1.29, 1.82) is 0 Å². The SMILES string of the molecule is NC(=O)[C@H]1CCCN(c2ccc(CNC(=O)c3ccc(C4SCCCS4)cc3)cc2)C1. The Morgan fingerprint density at radius 2 is 1.71 bits per heavy atom. The lowest BCUT2D eigenvalue weighted by Gasteiger charge is -2.33. The summed E-state index contributed by atoms with van der Waals surface area (Å²) in [6.45, 7) is 2.10. The van der Waals surface area contributed by atoms with Crippen molar-refractivity contribution in [1.82, 2.24) is 5.32 Å². The molecular weight excluding hydrogens is 426 g/mol. The predicted molar refractivity (Wildman–Crippen MR) is 130 cm³/mol. The van der Waals surface area contributed by atoms with Crippen LogP contribution in [0.3, 0.4) is 0 Å². The third-order valence-electron chi connectivity index (χ3n) is 5.85. The number of primary amides is 1. The van der Waals surface area contributed by atoms with Crippen LogP contribution in [0.5, 0.6) is 0 Å². The number of piperidine rings is 1. The molecule has 2 aliphatic rings. The second-order valence-electron chi connectivity index (χ2n) is 8.09. The number of anilines is 1. The van der Waals surface area contributed by atoms with Crippen LogP contribution in [0, 0.1) is 5.92 Å². The Morgan fingerprint density at radius 3 is 2.39 bits per heavy atom. The van der Waals surface area contributed by atoms with E-state index in [-0.39, 0.29) is 17.7 Å². The number of nitrogens with one attached hydrogen (secondary N) is 1. The fourth-order valence-electron chi connectivity index (χ4n) is 4.02. The zero-order valence-electron chi connectivity index (χ0n) is 17.6. The molecule has 0 spiro atoms. The number of nitrogens with zero attached hydrogens (tertiary/aromatic N) is 1. The van der Waals surface area contributed by atoms with Crippen molar-refractivity contribution < 1.29 is 9.59 Å². The molecule has 7 heteroatoms. The van der Waals surface area contributed by atoms with Gasteiger partial charge >= 0.3 is 0 Å². The highest BCUT2D eigenvalue weighted by Gasteiger charge is 2.24. The van der Waals surface area contributed by atoms with Crippen molar-refractivity contribution in [3.8, 4) is 0 Å². The van der Waals surface area contributed by atoms with Crippen molar-refractivity contribution in [3.05, 3.63) is 65.2 Å². The Labute approximate surface area is 192 Å². The second kappa shape index (κ2) is 10.5. The third-order valence-corrected chi connectivity index (χ3v) is 8.87. The number of nitrogens with two attached hydrogens (primary N) is 1. The highest BCUT2D eigenvalue weighted by molar-refractivity contribution is 8.16. The number of amides is 2. The van der Waals surface area contributed by atoms with Crippen LogP contribution in [0.4, 0.5) is 5.69 Å². The smallest absolute Gasteiger partial charge is 0.251 e. The van der Waals surface area contributed by atoms with Gasteiger partial charge in [0.05, 0.1) is 10.5 Å². The Bertz CT molecular complexity index is 896. The molecule has 0 unspecified atom stereocenters. The normalized spacial score (nSPS) is 19.7. The van der Waals surface area contributed by atoms with Crippen LogP contribution in [0.1, 0.15) is 45.3 Å². The molecule has 0 saturated carbocycles. The fraction of sp³-hybridized carbons (Fsp3) is 0.417. The van der Waals surface area contributed by atoms with Crippen molar-refractivity contribution in [3.63, 3.8) is 0 Å². The largest absolute Gasteiger partial charge is 0.371 e. The average Bonchev–Trinajstić information content (AvgIpc) is 2.83. The van der Waals surface area contributed by atoms with E-state index in [4.69, 9.17) is 5.73 Å². The molecule has 2 fully saturated rings. The van der Waals surface area contributed by atoms with Gasteiger partial charge in [-0.2, -0.15) is 0 Å². The number of hydrogen-bond donors (Lipinski definition) is 2. The molecule has 2 saturated heterocycles. The van der Waals surface area contributed by atoms with Gasteiger partial charge in [-0.15, -0.1) is 23.5 Å². The van der Waals surface area contributed by atoms with Crippen molar-refractivity contribution in [2.45, 2.75) is 30.4 Å². The number of hydrogen-bond acceptors (Lipinski definition) is 5. The van der Waals surface area contributed by atoms with Crippen LogP contribution in [0.25, 0.3) is 0 Å². The summed E-state index contributed by atoms with van der Waals surface area (Å²) in [6.07, 6.45) is 3.12. The van der Waals surface area contributed by atoms with Gasteiger partial charge in [0.15, 0.2) is 0 Å². The second-order valence-corrected chi connectivity index (χ2v) is 10.8. The highest BCUT2D eigenvalue weighted by Crippen LogP contribution is 2.43. The summed E-state index contributed by atoms with van der Waals surface area (Å²) in [5, 5.41) is 3.01. The summed E-state index contributed by atoms with van der Waals surface area (Å²) < 4.78 is 0.488. The molecule has 2 aromatic rings. The summed E-state index contributed by atoms with van der Waals surface area (Å²) in [4.78, 5) is 26.3. The summed E-state index contributed by atoms with van der Waals surface area (Å²) >= 11 is 3.97. The van der Waals surface area contributed by atoms with Gasteiger partial charge in [0.1, 0.15) is 0 Å². The summed E-state index contributed by atoms with van der Waals surface area (Å²) in [6, 6.07) is 16.2. The molecule has 2 amide bonds. The van der Waals surface area contributed by atoms with E-state index in [1.165, 1.54) is 23.5 Å². The van der Waals surface area contributed by atoms with Gasteiger partial charge in [-0.1, -0.05) is 24.3 Å². The van der Waals surface area contributed by atoms with Crippen molar-refractivity contribution in [2.24, 2.45) is 11.7 Å². The van der Waals surface area contributed by atoms with Crippen LogP contribution >= 0.6 is 23.5 Å². The molecule has 0 radical (unpaired) electrons. The fourth-order valence-corrected chi connectivity index (χ4v) is 6.92. The summed E-state index contributed by atoms with van der Waals surface area (Å²) in [7, 11) is 0. The van der Waals surface area contributed by atoms with Crippen LogP contribution in [-0.2, 0) is 11.3 Å². The number of carbonyl (C=O) groups is 2. The lowest BCUT2D eigenvalue weighted by Crippen LogP contribution is -2.41. The lowest BCUT2D eigenvalue weighted by molar-refractivity contribution is -0.122. The molecule has 3 N–H and O–H groups in total. The molecule has 2 heterocycles. The minimum absolute atomic E-state index is 0.0556. The van der Waals surface area contributed by atoms with E-state index in [0.29, 0.717) is 23.2 Å². The van der Waals surface area contributed by atoms with Gasteiger partial charge in [0.25, 0.3) is 5.91 Å². The molecule has 2 aliphatic heterocycles. The van der Waals surface area contributed by atoms with Crippen LogP contribution in [-0.4, -0.2) is 36.4 Å². The molecule has 4 rings (SSSR count). The van der Waals surface area contributed by atoms with E-state index in [9.17, 15) is 9.59 Å². The first-order chi connectivity index (χ1) is 15.1. The molecule has 1 atom stereocenters.